The van der Waals surface area contributed by atoms with Gasteiger partial charge in [-0.05, 0) is 37.1 Å². The Kier molecular flexibility index (Phi) is 4.30. The highest BCUT2D eigenvalue weighted by Crippen LogP contribution is 2.32. The maximum atomic E-state index is 12.4. The van der Waals surface area contributed by atoms with Crippen molar-refractivity contribution >= 4 is 21.8 Å². The number of rotatable bonds is 4. The Labute approximate surface area is 135 Å². The van der Waals surface area contributed by atoms with Crippen LogP contribution in [0.25, 0.3) is 6.08 Å². The van der Waals surface area contributed by atoms with E-state index in [9.17, 15) is 13.2 Å². The topological polar surface area (TPSA) is 72.9 Å². The molecule has 1 aromatic rings. The minimum Gasteiger partial charge on any atom is -0.454 e. The maximum Gasteiger partial charge on any atom is 0.246 e. The molecular weight excluding hydrogens is 318 g/mol. The van der Waals surface area contributed by atoms with Crippen molar-refractivity contribution in [3.63, 3.8) is 0 Å². The zero-order valence-corrected chi connectivity index (χ0v) is 13.7. The molecule has 1 saturated heterocycles. The SMILES string of the molecule is CCN(C(=O)C=Cc1ccc2c(c1)OCO2)C1CCS(=O)(=O)C1. The van der Waals surface area contributed by atoms with Gasteiger partial charge in [0.05, 0.1) is 11.5 Å². The van der Waals surface area contributed by atoms with Gasteiger partial charge < -0.3 is 14.4 Å². The van der Waals surface area contributed by atoms with Crippen LogP contribution in [-0.4, -0.2) is 50.1 Å². The zero-order valence-electron chi connectivity index (χ0n) is 12.9. The summed E-state index contributed by atoms with van der Waals surface area (Å²) in [4.78, 5) is 14.0. The van der Waals surface area contributed by atoms with Gasteiger partial charge in [0.2, 0.25) is 12.7 Å². The predicted molar refractivity (Wildman–Crippen MR) is 86.0 cm³/mol. The van der Waals surface area contributed by atoms with Crippen molar-refractivity contribution in [2.45, 2.75) is 19.4 Å². The van der Waals surface area contributed by atoms with Crippen LogP contribution in [0.15, 0.2) is 24.3 Å². The molecule has 0 spiro atoms. The number of hydrogen-bond donors (Lipinski definition) is 0. The lowest BCUT2D eigenvalue weighted by molar-refractivity contribution is -0.127. The van der Waals surface area contributed by atoms with Crippen molar-refractivity contribution in [3.8, 4) is 11.5 Å². The van der Waals surface area contributed by atoms with Crippen LogP contribution in [0.3, 0.4) is 0 Å². The summed E-state index contributed by atoms with van der Waals surface area (Å²) in [6.45, 7) is 2.56. The lowest BCUT2D eigenvalue weighted by atomic mass is 10.1. The summed E-state index contributed by atoms with van der Waals surface area (Å²) in [7, 11) is -3.01. The highest BCUT2D eigenvalue weighted by molar-refractivity contribution is 7.91. The third-order valence-electron chi connectivity index (χ3n) is 4.09. The lowest BCUT2D eigenvalue weighted by Gasteiger charge is -2.25. The molecule has 2 heterocycles. The van der Waals surface area contributed by atoms with Crippen LogP contribution in [0.5, 0.6) is 11.5 Å². The molecule has 1 unspecified atom stereocenters. The number of benzene rings is 1. The van der Waals surface area contributed by atoms with Crippen LogP contribution < -0.4 is 9.47 Å². The Morgan fingerprint density at radius 3 is 2.83 bits per heavy atom. The number of likely N-dealkylation sites (N-methyl/N-ethyl adjacent to an activating group) is 1. The van der Waals surface area contributed by atoms with Gasteiger partial charge >= 0.3 is 0 Å². The number of sulfone groups is 1. The third kappa shape index (κ3) is 3.50. The van der Waals surface area contributed by atoms with Gasteiger partial charge in [-0.2, -0.15) is 0 Å². The molecule has 2 aliphatic rings. The normalized spacial score (nSPS) is 21.7. The Bertz CT molecular complexity index is 741. The highest BCUT2D eigenvalue weighted by Gasteiger charge is 2.33. The van der Waals surface area contributed by atoms with E-state index in [0.717, 1.165) is 5.56 Å². The Morgan fingerprint density at radius 2 is 2.13 bits per heavy atom. The Balaban J connectivity index is 1.69. The zero-order chi connectivity index (χ0) is 16.4. The van der Waals surface area contributed by atoms with Gasteiger partial charge in [0.1, 0.15) is 0 Å². The Hall–Kier alpha value is -2.02. The lowest BCUT2D eigenvalue weighted by Crippen LogP contribution is -2.40. The van der Waals surface area contributed by atoms with Crippen molar-refractivity contribution in [3.05, 3.63) is 29.8 Å². The summed E-state index contributed by atoms with van der Waals surface area (Å²) in [5.74, 6) is 1.40. The minimum absolute atomic E-state index is 0.0600. The molecule has 6 nitrogen and oxygen atoms in total. The molecule has 23 heavy (non-hydrogen) atoms. The number of nitrogens with zero attached hydrogens (tertiary/aromatic N) is 1. The number of amides is 1. The van der Waals surface area contributed by atoms with Crippen molar-refractivity contribution in [2.75, 3.05) is 24.8 Å². The summed E-state index contributed by atoms with van der Waals surface area (Å²) in [6.07, 6.45) is 3.70. The summed E-state index contributed by atoms with van der Waals surface area (Å²) < 4.78 is 33.7. The number of hydrogen-bond acceptors (Lipinski definition) is 5. The molecule has 1 amide bonds. The van der Waals surface area contributed by atoms with Crippen LogP contribution in [0.1, 0.15) is 18.9 Å². The average Bonchev–Trinajstić information content (AvgIpc) is 3.11. The molecule has 1 atom stereocenters. The fraction of sp³-hybridized carbons (Fsp3) is 0.438. The minimum atomic E-state index is -3.01. The van der Waals surface area contributed by atoms with Crippen molar-refractivity contribution in [1.29, 1.82) is 0 Å². The van der Waals surface area contributed by atoms with E-state index < -0.39 is 9.84 Å². The second-order valence-corrected chi connectivity index (χ2v) is 7.86. The monoisotopic (exact) mass is 337 g/mol. The van der Waals surface area contributed by atoms with E-state index in [-0.39, 0.29) is 30.2 Å². The molecule has 0 saturated carbocycles. The van der Waals surface area contributed by atoms with E-state index in [1.165, 1.54) is 6.08 Å². The van der Waals surface area contributed by atoms with Crippen LogP contribution in [-0.2, 0) is 14.6 Å². The van der Waals surface area contributed by atoms with E-state index >= 15 is 0 Å². The maximum absolute atomic E-state index is 12.4. The molecule has 0 radical (unpaired) electrons. The van der Waals surface area contributed by atoms with Gasteiger partial charge in [0.15, 0.2) is 21.3 Å². The van der Waals surface area contributed by atoms with Crippen molar-refractivity contribution in [1.82, 2.24) is 4.90 Å². The summed E-state index contributed by atoms with van der Waals surface area (Å²) >= 11 is 0. The van der Waals surface area contributed by atoms with E-state index in [0.29, 0.717) is 24.5 Å². The van der Waals surface area contributed by atoms with Crippen LogP contribution in [0.4, 0.5) is 0 Å². The Morgan fingerprint density at radius 1 is 1.35 bits per heavy atom. The van der Waals surface area contributed by atoms with Crippen LogP contribution >= 0.6 is 0 Å². The number of carbonyl (C=O) groups excluding carboxylic acids is 1. The van der Waals surface area contributed by atoms with Gasteiger partial charge in [-0.1, -0.05) is 6.07 Å². The fourth-order valence-corrected chi connectivity index (χ4v) is 4.63. The van der Waals surface area contributed by atoms with Crippen LogP contribution in [0.2, 0.25) is 0 Å². The van der Waals surface area contributed by atoms with Gasteiger partial charge in [0.25, 0.3) is 0 Å². The predicted octanol–water partition coefficient (Wildman–Crippen LogP) is 1.46. The fourth-order valence-electron chi connectivity index (χ4n) is 2.90. The highest BCUT2D eigenvalue weighted by atomic mass is 32.2. The molecule has 1 aromatic carbocycles. The molecule has 0 bridgehead atoms. The van der Waals surface area contributed by atoms with Crippen molar-refractivity contribution < 1.29 is 22.7 Å². The number of fused-ring (bicyclic) bond motifs is 1. The molecule has 7 heteroatoms. The molecular formula is C16H19NO5S. The first-order valence-electron chi connectivity index (χ1n) is 7.57. The van der Waals surface area contributed by atoms with Crippen molar-refractivity contribution in [2.24, 2.45) is 0 Å². The summed E-state index contributed by atoms with van der Waals surface area (Å²) in [5.41, 5.74) is 0.831. The summed E-state index contributed by atoms with van der Waals surface area (Å²) in [5, 5.41) is 0. The van der Waals surface area contributed by atoms with Gasteiger partial charge in [0, 0.05) is 18.7 Å². The molecule has 3 rings (SSSR count). The molecule has 124 valence electrons. The molecule has 0 N–H and O–H groups in total. The smallest absolute Gasteiger partial charge is 0.246 e. The molecule has 0 aliphatic carbocycles. The van der Waals surface area contributed by atoms with E-state index in [2.05, 4.69) is 0 Å². The van der Waals surface area contributed by atoms with E-state index in [4.69, 9.17) is 9.47 Å². The van der Waals surface area contributed by atoms with Gasteiger partial charge in [-0.3, -0.25) is 4.79 Å². The average molecular weight is 337 g/mol. The van der Waals surface area contributed by atoms with Gasteiger partial charge in [-0.15, -0.1) is 0 Å². The standard InChI is InChI=1S/C16H19NO5S/c1-2-17(13-7-8-23(19,20)10-13)16(18)6-4-12-3-5-14-15(9-12)22-11-21-14/h3-6,9,13H,2,7-8,10-11H2,1H3. The molecule has 1 fully saturated rings. The quantitative estimate of drug-likeness (QED) is 0.778. The second kappa shape index (κ2) is 6.23. The first-order valence-corrected chi connectivity index (χ1v) is 9.39. The van der Waals surface area contributed by atoms with E-state index in [1.54, 1.807) is 17.0 Å². The van der Waals surface area contributed by atoms with E-state index in [1.807, 2.05) is 19.1 Å². The molecule has 2 aliphatic heterocycles. The molecule has 0 aromatic heterocycles. The van der Waals surface area contributed by atoms with Crippen LogP contribution in [0, 0.1) is 0 Å². The first-order chi connectivity index (χ1) is 11.0. The second-order valence-electron chi connectivity index (χ2n) is 5.63. The number of carbonyl (C=O) groups is 1. The third-order valence-corrected chi connectivity index (χ3v) is 5.84. The number of ether oxygens (including phenoxy) is 2. The first kappa shape index (κ1) is 15.9. The van der Waals surface area contributed by atoms with Gasteiger partial charge in [-0.25, -0.2) is 8.42 Å². The summed E-state index contributed by atoms with van der Waals surface area (Å²) in [6, 6.07) is 5.22. The largest absolute Gasteiger partial charge is 0.454 e.